The molecule has 1 aromatic rings. The summed E-state index contributed by atoms with van der Waals surface area (Å²) in [4.78, 5) is 30.4. The molecule has 9 heteroatoms. The molecule has 0 spiro atoms. The van der Waals surface area contributed by atoms with Gasteiger partial charge in [0.1, 0.15) is 11.9 Å². The lowest BCUT2D eigenvalue weighted by Crippen LogP contribution is -2.45. The molecule has 0 saturated carbocycles. The summed E-state index contributed by atoms with van der Waals surface area (Å²) in [6.45, 7) is 8.75. The molecule has 2 N–H and O–H groups in total. The number of rotatable bonds is 3. The molecule has 0 bridgehead atoms. The van der Waals surface area contributed by atoms with Gasteiger partial charge in [-0.05, 0) is 37.3 Å². The molecule has 3 rings (SSSR count). The smallest absolute Gasteiger partial charge is 0.309 e. The molecule has 2 aliphatic heterocycles. The van der Waals surface area contributed by atoms with Gasteiger partial charge >= 0.3 is 5.97 Å². The number of hydrogen-bond acceptors (Lipinski definition) is 9. The molecule has 1 aromatic heterocycles. The van der Waals surface area contributed by atoms with Gasteiger partial charge in [0.25, 0.3) is 5.19 Å². The quantitative estimate of drug-likeness (QED) is 0.467. The molecule has 7 unspecified atom stereocenters. The highest BCUT2D eigenvalue weighted by Crippen LogP contribution is 2.36. The standard InChI is InChI=1S/C26H39NO7S/c1-14-8-7-9-18-20(33-18)11-19(15(2)10-17-13-35-25(27-17)32-6)34-22(29)12-21(28)26(4,5)24(31)16(3)23(14)30/h10,13-14,16,18-21,23,28,30H,7-9,11-12H2,1-6H3. The first kappa shape index (κ1) is 27.8. The zero-order valence-electron chi connectivity index (χ0n) is 21.5. The third-order valence-electron chi connectivity index (χ3n) is 7.45. The van der Waals surface area contributed by atoms with Crippen LogP contribution in [0.5, 0.6) is 5.19 Å². The number of esters is 1. The van der Waals surface area contributed by atoms with E-state index in [2.05, 4.69) is 4.98 Å². The van der Waals surface area contributed by atoms with Gasteiger partial charge in [-0.15, -0.1) is 0 Å². The van der Waals surface area contributed by atoms with E-state index in [0.717, 1.165) is 24.8 Å². The largest absolute Gasteiger partial charge is 0.473 e. The van der Waals surface area contributed by atoms with E-state index in [1.54, 1.807) is 27.9 Å². The van der Waals surface area contributed by atoms with Crippen molar-refractivity contribution in [3.63, 3.8) is 0 Å². The first-order valence-corrected chi connectivity index (χ1v) is 13.2. The normalized spacial score (nSPS) is 35.2. The number of aliphatic hydroxyl groups is 2. The van der Waals surface area contributed by atoms with Crippen molar-refractivity contribution in [2.24, 2.45) is 17.3 Å². The number of methoxy groups -OCH3 is 1. The van der Waals surface area contributed by atoms with E-state index in [9.17, 15) is 19.8 Å². The number of aliphatic hydroxyl groups excluding tert-OH is 2. The van der Waals surface area contributed by atoms with Crippen LogP contribution in [0, 0.1) is 17.3 Å². The predicted molar refractivity (Wildman–Crippen MR) is 133 cm³/mol. The summed E-state index contributed by atoms with van der Waals surface area (Å²) in [6, 6.07) is 0. The van der Waals surface area contributed by atoms with E-state index >= 15 is 0 Å². The Morgan fingerprint density at radius 1 is 1.23 bits per heavy atom. The molecule has 0 amide bonds. The highest BCUT2D eigenvalue weighted by Gasteiger charge is 2.44. The van der Waals surface area contributed by atoms with Gasteiger partial charge in [-0.25, -0.2) is 4.98 Å². The maximum absolute atomic E-state index is 13.2. The van der Waals surface area contributed by atoms with Gasteiger partial charge in [-0.3, -0.25) is 9.59 Å². The molecule has 196 valence electrons. The lowest BCUT2D eigenvalue weighted by Gasteiger charge is -2.34. The molecule has 7 atom stereocenters. The van der Waals surface area contributed by atoms with Gasteiger partial charge in [-0.2, -0.15) is 0 Å². The lowest BCUT2D eigenvalue weighted by atomic mass is 9.73. The van der Waals surface area contributed by atoms with Crippen molar-refractivity contribution in [2.75, 3.05) is 7.11 Å². The van der Waals surface area contributed by atoms with Crippen LogP contribution in [-0.4, -0.2) is 64.6 Å². The number of fused-ring (bicyclic) bond motifs is 1. The maximum Gasteiger partial charge on any atom is 0.309 e. The monoisotopic (exact) mass is 509 g/mol. The van der Waals surface area contributed by atoms with Crippen molar-refractivity contribution >= 4 is 29.2 Å². The number of ketones is 1. The van der Waals surface area contributed by atoms with Crippen LogP contribution < -0.4 is 4.74 Å². The number of nitrogens with zero attached hydrogens (tertiary/aromatic N) is 1. The molecule has 0 aromatic carbocycles. The molecule has 35 heavy (non-hydrogen) atoms. The molecule has 2 saturated heterocycles. The Morgan fingerprint density at radius 3 is 2.60 bits per heavy atom. The van der Waals surface area contributed by atoms with Gasteiger partial charge < -0.3 is 24.4 Å². The third-order valence-corrected chi connectivity index (χ3v) is 8.27. The van der Waals surface area contributed by atoms with Crippen LogP contribution in [0.4, 0.5) is 0 Å². The van der Waals surface area contributed by atoms with E-state index in [1.165, 1.54) is 11.3 Å². The Labute approximate surface area is 211 Å². The maximum atomic E-state index is 13.2. The molecule has 8 nitrogen and oxygen atoms in total. The van der Waals surface area contributed by atoms with Crippen molar-refractivity contribution in [1.29, 1.82) is 0 Å². The fourth-order valence-electron chi connectivity index (χ4n) is 4.76. The van der Waals surface area contributed by atoms with Crippen LogP contribution in [0.1, 0.15) is 72.4 Å². The average Bonchev–Trinajstić information content (AvgIpc) is 3.38. The second-order valence-corrected chi connectivity index (χ2v) is 11.4. The minimum Gasteiger partial charge on any atom is -0.473 e. The fraction of sp³-hybridized carbons (Fsp3) is 0.731. The second kappa shape index (κ2) is 11.5. The Hall–Kier alpha value is -1.81. The van der Waals surface area contributed by atoms with E-state index < -0.39 is 35.6 Å². The number of Topliss-reactive ketones (excluding diaryl/α,β-unsaturated/α-hetero) is 1. The molecule has 0 aliphatic carbocycles. The van der Waals surface area contributed by atoms with Crippen LogP contribution >= 0.6 is 11.3 Å². The SMILES string of the molecule is COc1nc(C=C(C)C2CC3OC3CCCC(C)C(O)C(C)C(=O)C(C)(C)C(O)CC(=O)O2)cs1. The Morgan fingerprint density at radius 2 is 1.94 bits per heavy atom. The van der Waals surface area contributed by atoms with Gasteiger partial charge in [0.15, 0.2) is 0 Å². The van der Waals surface area contributed by atoms with Crippen molar-refractivity contribution in [3.05, 3.63) is 16.6 Å². The topological polar surface area (TPSA) is 118 Å². The first-order valence-electron chi connectivity index (χ1n) is 12.4. The van der Waals surface area contributed by atoms with Crippen LogP contribution in [0.15, 0.2) is 11.0 Å². The molecule has 0 radical (unpaired) electrons. The molecular weight excluding hydrogens is 470 g/mol. The summed E-state index contributed by atoms with van der Waals surface area (Å²) >= 11 is 1.38. The highest BCUT2D eigenvalue weighted by molar-refractivity contribution is 7.11. The summed E-state index contributed by atoms with van der Waals surface area (Å²) in [7, 11) is 1.56. The van der Waals surface area contributed by atoms with Crippen molar-refractivity contribution in [3.8, 4) is 5.19 Å². The summed E-state index contributed by atoms with van der Waals surface area (Å²) < 4.78 is 16.8. The van der Waals surface area contributed by atoms with Crippen LogP contribution in [-0.2, 0) is 19.1 Å². The lowest BCUT2D eigenvalue weighted by molar-refractivity contribution is -0.154. The van der Waals surface area contributed by atoms with Gasteiger partial charge in [0.05, 0.1) is 49.1 Å². The molecular formula is C26H39NO7S. The summed E-state index contributed by atoms with van der Waals surface area (Å²) in [5.74, 6) is -1.57. The summed E-state index contributed by atoms with van der Waals surface area (Å²) in [5, 5.41) is 24.0. The van der Waals surface area contributed by atoms with Crippen molar-refractivity contribution in [1.82, 2.24) is 4.98 Å². The first-order chi connectivity index (χ1) is 16.4. The van der Waals surface area contributed by atoms with E-state index in [0.29, 0.717) is 17.3 Å². The Kier molecular flexibility index (Phi) is 9.12. The van der Waals surface area contributed by atoms with Gasteiger partial charge in [-0.1, -0.05) is 45.5 Å². The number of carbonyl (C=O) groups excluding carboxylic acids is 2. The van der Waals surface area contributed by atoms with Crippen molar-refractivity contribution in [2.45, 2.75) is 97.2 Å². The average molecular weight is 510 g/mol. The number of ether oxygens (including phenoxy) is 3. The number of hydrogen-bond donors (Lipinski definition) is 2. The number of carbonyl (C=O) groups is 2. The number of thiazole rings is 1. The predicted octanol–water partition coefficient (Wildman–Crippen LogP) is 3.79. The van der Waals surface area contributed by atoms with E-state index in [1.807, 2.05) is 25.3 Å². The van der Waals surface area contributed by atoms with Crippen LogP contribution in [0.2, 0.25) is 0 Å². The zero-order chi connectivity index (χ0) is 25.9. The van der Waals surface area contributed by atoms with E-state index in [-0.39, 0.29) is 30.3 Å². The summed E-state index contributed by atoms with van der Waals surface area (Å²) in [5.41, 5.74) is 0.323. The summed E-state index contributed by atoms with van der Waals surface area (Å²) in [6.07, 6.45) is 2.02. The zero-order valence-corrected chi connectivity index (χ0v) is 22.3. The second-order valence-electron chi connectivity index (χ2n) is 10.6. The highest BCUT2D eigenvalue weighted by atomic mass is 32.1. The van der Waals surface area contributed by atoms with Crippen LogP contribution in [0.25, 0.3) is 6.08 Å². The molecule has 2 fully saturated rings. The number of cyclic esters (lactones) is 1. The van der Waals surface area contributed by atoms with Crippen molar-refractivity contribution < 1.29 is 34.0 Å². The number of epoxide rings is 1. The Balaban J connectivity index is 1.81. The third kappa shape index (κ3) is 6.90. The minimum absolute atomic E-state index is 0.0175. The van der Waals surface area contributed by atoms with E-state index in [4.69, 9.17) is 14.2 Å². The minimum atomic E-state index is -1.24. The van der Waals surface area contributed by atoms with Crippen LogP contribution in [0.3, 0.4) is 0 Å². The van der Waals surface area contributed by atoms with Gasteiger partial charge in [0.2, 0.25) is 0 Å². The van der Waals surface area contributed by atoms with Gasteiger partial charge in [0, 0.05) is 17.7 Å². The Bertz CT molecular complexity index is 927. The fourth-order valence-corrected chi connectivity index (χ4v) is 5.36. The number of aromatic nitrogens is 1. The molecule has 2 aliphatic rings. The molecule has 3 heterocycles.